The van der Waals surface area contributed by atoms with Crippen molar-refractivity contribution in [3.63, 3.8) is 0 Å². The zero-order chi connectivity index (χ0) is 18.8. The number of hydrogen-bond acceptors (Lipinski definition) is 5. The predicted octanol–water partition coefficient (Wildman–Crippen LogP) is 2.98. The lowest BCUT2D eigenvalue weighted by atomic mass is 9.82. The van der Waals surface area contributed by atoms with E-state index in [-0.39, 0.29) is 23.5 Å². The van der Waals surface area contributed by atoms with Crippen molar-refractivity contribution in [3.8, 4) is 0 Å². The van der Waals surface area contributed by atoms with E-state index < -0.39 is 6.04 Å². The molecule has 26 heavy (non-hydrogen) atoms. The van der Waals surface area contributed by atoms with Crippen molar-refractivity contribution in [1.29, 1.82) is 0 Å². The molecule has 1 amide bonds. The Labute approximate surface area is 155 Å². The van der Waals surface area contributed by atoms with Gasteiger partial charge in [-0.1, -0.05) is 25.9 Å². The Morgan fingerprint density at radius 3 is 2.46 bits per heavy atom. The normalized spacial score (nSPS) is 21.0. The Hall–Kier alpha value is -1.69. The van der Waals surface area contributed by atoms with E-state index in [4.69, 9.17) is 10.3 Å². The van der Waals surface area contributed by atoms with Crippen LogP contribution in [0.25, 0.3) is 0 Å². The number of nitrogens with zero attached hydrogens (tertiary/aromatic N) is 2. The highest BCUT2D eigenvalue weighted by Gasteiger charge is 2.32. The molecule has 1 aliphatic heterocycles. The fourth-order valence-electron chi connectivity index (χ4n) is 3.73. The molecule has 2 heterocycles. The minimum Gasteiger partial charge on any atom is -0.360 e. The molecule has 0 spiro atoms. The lowest BCUT2D eigenvalue weighted by molar-refractivity contribution is -0.135. The standard InChI is InChI=1S/C20H31N3O3/c1-12(2)19(21)20(25)23-8-6-14(7-9-23)13(3)10-17(24)16-11-18(26-22-16)15-4-5-15/h11-15,19H,4-10,21H2,1-3H3/t13?,19-/m0/s1. The molecule has 1 aliphatic carbocycles. The molecule has 1 aromatic rings. The van der Waals surface area contributed by atoms with E-state index in [0.717, 1.165) is 44.5 Å². The number of carbonyl (C=O) groups is 2. The summed E-state index contributed by atoms with van der Waals surface area (Å²) in [7, 11) is 0. The number of carbonyl (C=O) groups excluding carboxylic acids is 2. The number of hydrogen-bond donors (Lipinski definition) is 1. The van der Waals surface area contributed by atoms with E-state index in [0.29, 0.717) is 24.0 Å². The monoisotopic (exact) mass is 361 g/mol. The number of rotatable bonds is 7. The van der Waals surface area contributed by atoms with Crippen LogP contribution in [0.3, 0.4) is 0 Å². The number of aromatic nitrogens is 1. The van der Waals surface area contributed by atoms with Crippen LogP contribution < -0.4 is 5.73 Å². The fourth-order valence-corrected chi connectivity index (χ4v) is 3.73. The molecule has 1 saturated carbocycles. The van der Waals surface area contributed by atoms with Crippen LogP contribution in [-0.4, -0.2) is 40.9 Å². The van der Waals surface area contributed by atoms with Gasteiger partial charge < -0.3 is 15.2 Å². The first kappa shape index (κ1) is 19.1. The van der Waals surface area contributed by atoms with E-state index in [1.807, 2.05) is 24.8 Å². The van der Waals surface area contributed by atoms with Gasteiger partial charge in [-0.2, -0.15) is 0 Å². The number of piperidine rings is 1. The molecule has 0 radical (unpaired) electrons. The molecule has 0 bridgehead atoms. The summed E-state index contributed by atoms with van der Waals surface area (Å²) in [6.45, 7) is 7.54. The molecule has 2 N–H and O–H groups in total. The predicted molar refractivity (Wildman–Crippen MR) is 98.7 cm³/mol. The average Bonchev–Trinajstić information content (AvgIpc) is 3.37. The number of amides is 1. The zero-order valence-corrected chi connectivity index (χ0v) is 16.1. The second-order valence-electron chi connectivity index (χ2n) is 8.43. The van der Waals surface area contributed by atoms with Gasteiger partial charge in [0.2, 0.25) is 5.91 Å². The van der Waals surface area contributed by atoms with Crippen molar-refractivity contribution in [2.75, 3.05) is 13.1 Å². The average molecular weight is 361 g/mol. The maximum atomic E-state index is 12.5. The van der Waals surface area contributed by atoms with Gasteiger partial charge in [0, 0.05) is 31.5 Å². The van der Waals surface area contributed by atoms with E-state index in [2.05, 4.69) is 12.1 Å². The highest BCUT2D eigenvalue weighted by molar-refractivity contribution is 5.94. The topological polar surface area (TPSA) is 89.4 Å². The number of nitrogens with two attached hydrogens (primary N) is 1. The largest absolute Gasteiger partial charge is 0.360 e. The molecule has 1 saturated heterocycles. The zero-order valence-electron chi connectivity index (χ0n) is 16.1. The van der Waals surface area contributed by atoms with Crippen LogP contribution in [-0.2, 0) is 4.79 Å². The van der Waals surface area contributed by atoms with Gasteiger partial charge in [-0.3, -0.25) is 9.59 Å². The first-order chi connectivity index (χ1) is 12.4. The molecule has 2 atom stereocenters. The van der Waals surface area contributed by atoms with Crippen molar-refractivity contribution in [2.45, 2.75) is 64.8 Å². The summed E-state index contributed by atoms with van der Waals surface area (Å²) in [5.74, 6) is 2.33. The van der Waals surface area contributed by atoms with Gasteiger partial charge in [0.15, 0.2) is 5.78 Å². The minimum absolute atomic E-state index is 0.0531. The summed E-state index contributed by atoms with van der Waals surface area (Å²) in [6.07, 6.45) is 4.61. The van der Waals surface area contributed by atoms with Crippen LogP contribution in [0.1, 0.15) is 75.0 Å². The van der Waals surface area contributed by atoms with Crippen LogP contribution in [0.4, 0.5) is 0 Å². The lowest BCUT2D eigenvalue weighted by Crippen LogP contribution is -2.49. The smallest absolute Gasteiger partial charge is 0.239 e. The molecular formula is C20H31N3O3. The first-order valence-electron chi connectivity index (χ1n) is 9.91. The van der Waals surface area contributed by atoms with Crippen molar-refractivity contribution < 1.29 is 14.1 Å². The van der Waals surface area contributed by atoms with Crippen LogP contribution in [0.5, 0.6) is 0 Å². The molecular weight excluding hydrogens is 330 g/mol. The summed E-state index contributed by atoms with van der Waals surface area (Å²) in [5, 5.41) is 3.96. The molecule has 1 unspecified atom stereocenters. The van der Waals surface area contributed by atoms with Gasteiger partial charge in [-0.15, -0.1) is 0 Å². The fraction of sp³-hybridized carbons (Fsp3) is 0.750. The molecule has 6 nitrogen and oxygen atoms in total. The highest BCUT2D eigenvalue weighted by atomic mass is 16.5. The minimum atomic E-state index is -0.418. The second kappa shape index (κ2) is 7.91. The van der Waals surface area contributed by atoms with Crippen molar-refractivity contribution in [2.24, 2.45) is 23.5 Å². The summed E-state index contributed by atoms with van der Waals surface area (Å²) >= 11 is 0. The maximum Gasteiger partial charge on any atom is 0.239 e. The van der Waals surface area contributed by atoms with E-state index >= 15 is 0 Å². The van der Waals surface area contributed by atoms with E-state index in [1.165, 1.54) is 0 Å². The van der Waals surface area contributed by atoms with Gasteiger partial charge in [-0.25, -0.2) is 0 Å². The van der Waals surface area contributed by atoms with Crippen LogP contribution >= 0.6 is 0 Å². The molecule has 1 aromatic heterocycles. The second-order valence-corrected chi connectivity index (χ2v) is 8.43. The molecule has 3 rings (SSSR count). The number of likely N-dealkylation sites (tertiary alicyclic amines) is 1. The third-order valence-electron chi connectivity index (χ3n) is 5.96. The summed E-state index contributed by atoms with van der Waals surface area (Å²) in [6, 6.07) is 1.40. The maximum absolute atomic E-state index is 12.5. The SMILES string of the molecule is CC(CC(=O)c1cc(C2CC2)on1)C1CCN(C(=O)[C@@H](N)C(C)C)CC1. The Morgan fingerprint density at radius 1 is 1.23 bits per heavy atom. The highest BCUT2D eigenvalue weighted by Crippen LogP contribution is 2.40. The van der Waals surface area contributed by atoms with Crippen molar-refractivity contribution in [1.82, 2.24) is 10.1 Å². The number of Topliss-reactive ketones (excluding diaryl/α,β-unsaturated/α-hetero) is 1. The van der Waals surface area contributed by atoms with Crippen LogP contribution in [0.2, 0.25) is 0 Å². The Morgan fingerprint density at radius 2 is 1.88 bits per heavy atom. The van der Waals surface area contributed by atoms with Crippen LogP contribution in [0, 0.1) is 17.8 Å². The molecule has 2 fully saturated rings. The quantitative estimate of drug-likeness (QED) is 0.754. The molecule has 6 heteroatoms. The molecule has 0 aromatic carbocycles. The Balaban J connectivity index is 1.47. The summed E-state index contributed by atoms with van der Waals surface area (Å²) in [5.41, 5.74) is 6.46. The first-order valence-corrected chi connectivity index (χ1v) is 9.91. The van der Waals surface area contributed by atoms with Gasteiger partial charge in [-0.05, 0) is 43.4 Å². The van der Waals surface area contributed by atoms with Crippen LogP contribution in [0.15, 0.2) is 10.6 Å². The van der Waals surface area contributed by atoms with Crippen molar-refractivity contribution >= 4 is 11.7 Å². The van der Waals surface area contributed by atoms with Gasteiger partial charge >= 0.3 is 0 Å². The van der Waals surface area contributed by atoms with Gasteiger partial charge in [0.05, 0.1) is 6.04 Å². The van der Waals surface area contributed by atoms with Gasteiger partial charge in [0.25, 0.3) is 0 Å². The van der Waals surface area contributed by atoms with E-state index in [1.54, 1.807) is 0 Å². The molecule has 144 valence electrons. The Kier molecular flexibility index (Phi) is 5.80. The number of ketones is 1. The summed E-state index contributed by atoms with van der Waals surface area (Å²) < 4.78 is 5.29. The van der Waals surface area contributed by atoms with Gasteiger partial charge in [0.1, 0.15) is 11.5 Å². The Bertz CT molecular complexity index is 642. The molecule has 2 aliphatic rings. The lowest BCUT2D eigenvalue weighted by Gasteiger charge is -2.36. The summed E-state index contributed by atoms with van der Waals surface area (Å²) in [4.78, 5) is 26.7. The third kappa shape index (κ3) is 4.34. The van der Waals surface area contributed by atoms with Crippen molar-refractivity contribution in [3.05, 3.63) is 17.5 Å². The van der Waals surface area contributed by atoms with E-state index in [9.17, 15) is 9.59 Å². The third-order valence-corrected chi connectivity index (χ3v) is 5.96.